The molecule has 3 nitrogen and oxygen atoms in total. The highest BCUT2D eigenvalue weighted by molar-refractivity contribution is 5.71. The fraction of sp³-hybridized carbons (Fsp3) is 0.533. The highest BCUT2D eigenvalue weighted by Crippen LogP contribution is 2.24. The predicted octanol–water partition coefficient (Wildman–Crippen LogP) is 2.94. The Morgan fingerprint density at radius 2 is 2.11 bits per heavy atom. The molecule has 0 radical (unpaired) electrons. The number of ether oxygens (including phenoxy) is 2. The lowest BCUT2D eigenvalue weighted by Crippen LogP contribution is -2.14. The molecule has 0 spiro atoms. The number of esters is 1. The van der Waals surface area contributed by atoms with Gasteiger partial charge in [0.1, 0.15) is 6.10 Å². The highest BCUT2D eigenvalue weighted by atomic mass is 16.5. The van der Waals surface area contributed by atoms with Gasteiger partial charge in [0, 0.05) is 12.5 Å². The van der Waals surface area contributed by atoms with Gasteiger partial charge in [0.2, 0.25) is 0 Å². The molecule has 0 aromatic heterocycles. The van der Waals surface area contributed by atoms with Gasteiger partial charge < -0.3 is 9.47 Å². The van der Waals surface area contributed by atoms with E-state index in [2.05, 4.69) is 19.1 Å². The monoisotopic (exact) mass is 248 g/mol. The van der Waals surface area contributed by atoms with Gasteiger partial charge in [-0.1, -0.05) is 37.3 Å². The molecular weight excluding hydrogens is 228 g/mol. The van der Waals surface area contributed by atoms with E-state index < -0.39 is 0 Å². The summed E-state index contributed by atoms with van der Waals surface area (Å²) in [4.78, 5) is 11.1. The van der Waals surface area contributed by atoms with Crippen LogP contribution in [0.15, 0.2) is 30.3 Å². The van der Waals surface area contributed by atoms with Crippen LogP contribution in [-0.4, -0.2) is 18.7 Å². The van der Waals surface area contributed by atoms with Crippen LogP contribution >= 0.6 is 0 Å². The van der Waals surface area contributed by atoms with Crippen LogP contribution < -0.4 is 0 Å². The molecule has 0 amide bonds. The fourth-order valence-corrected chi connectivity index (χ4v) is 2.22. The van der Waals surface area contributed by atoms with Crippen LogP contribution in [0.25, 0.3) is 0 Å². The van der Waals surface area contributed by atoms with Crippen LogP contribution in [0, 0.1) is 5.92 Å². The molecule has 1 heterocycles. The summed E-state index contributed by atoms with van der Waals surface area (Å²) < 4.78 is 10.8. The van der Waals surface area contributed by atoms with Crippen LogP contribution in [0.4, 0.5) is 0 Å². The molecule has 1 aromatic carbocycles. The zero-order chi connectivity index (χ0) is 12.8. The van der Waals surface area contributed by atoms with Crippen LogP contribution in [0.3, 0.4) is 0 Å². The zero-order valence-corrected chi connectivity index (χ0v) is 10.8. The summed E-state index contributed by atoms with van der Waals surface area (Å²) in [6.45, 7) is 3.44. The topological polar surface area (TPSA) is 35.5 Å². The van der Waals surface area contributed by atoms with Crippen molar-refractivity contribution in [3.8, 4) is 0 Å². The second-order valence-corrected chi connectivity index (χ2v) is 4.89. The number of hydrogen-bond donors (Lipinski definition) is 0. The zero-order valence-electron chi connectivity index (χ0n) is 10.8. The summed E-state index contributed by atoms with van der Waals surface area (Å²) in [6, 6.07) is 10.1. The molecule has 3 heteroatoms. The van der Waals surface area contributed by atoms with Crippen molar-refractivity contribution in [1.82, 2.24) is 0 Å². The minimum absolute atomic E-state index is 0.0577. The molecule has 0 N–H and O–H groups in total. The lowest BCUT2D eigenvalue weighted by atomic mass is 10.0. The van der Waals surface area contributed by atoms with Gasteiger partial charge in [0.05, 0.1) is 13.0 Å². The van der Waals surface area contributed by atoms with Crippen molar-refractivity contribution in [2.45, 2.75) is 38.9 Å². The molecule has 0 unspecified atom stereocenters. The quantitative estimate of drug-likeness (QED) is 0.573. The van der Waals surface area contributed by atoms with Crippen molar-refractivity contribution in [2.24, 2.45) is 5.92 Å². The summed E-state index contributed by atoms with van der Waals surface area (Å²) in [5.41, 5.74) is 1.19. The molecule has 2 atom stereocenters. The molecule has 1 aliphatic rings. The molecule has 1 saturated heterocycles. The molecule has 2 rings (SSSR count). The minimum atomic E-state index is -0.0577. The first kappa shape index (κ1) is 13.1. The van der Waals surface area contributed by atoms with E-state index in [0.717, 1.165) is 19.4 Å². The predicted molar refractivity (Wildman–Crippen MR) is 69.0 cm³/mol. The van der Waals surface area contributed by atoms with E-state index >= 15 is 0 Å². The van der Waals surface area contributed by atoms with E-state index in [0.29, 0.717) is 18.9 Å². The third-order valence-electron chi connectivity index (χ3n) is 3.30. The summed E-state index contributed by atoms with van der Waals surface area (Å²) in [6.07, 6.45) is 2.50. The van der Waals surface area contributed by atoms with Crippen molar-refractivity contribution in [2.75, 3.05) is 6.61 Å². The summed E-state index contributed by atoms with van der Waals surface area (Å²) >= 11 is 0. The van der Waals surface area contributed by atoms with Crippen molar-refractivity contribution in [3.05, 3.63) is 35.9 Å². The maximum atomic E-state index is 11.1. The van der Waals surface area contributed by atoms with Crippen molar-refractivity contribution < 1.29 is 14.3 Å². The van der Waals surface area contributed by atoms with Gasteiger partial charge in [-0.05, 0) is 18.4 Å². The SMILES string of the molecule is C[C@@H]1CC(=O)O[C@H]1CCCOCc1ccccc1. The van der Waals surface area contributed by atoms with Crippen LogP contribution in [0.5, 0.6) is 0 Å². The smallest absolute Gasteiger partial charge is 0.306 e. The Labute approximate surface area is 108 Å². The first-order chi connectivity index (χ1) is 8.75. The van der Waals surface area contributed by atoms with Crippen molar-refractivity contribution >= 4 is 5.97 Å². The normalized spacial score (nSPS) is 23.1. The molecular formula is C15H20O3. The van der Waals surface area contributed by atoms with Crippen LogP contribution in [0.2, 0.25) is 0 Å². The van der Waals surface area contributed by atoms with E-state index in [1.807, 2.05) is 18.2 Å². The van der Waals surface area contributed by atoms with Crippen LogP contribution in [-0.2, 0) is 20.9 Å². The van der Waals surface area contributed by atoms with E-state index in [-0.39, 0.29) is 12.1 Å². The Bertz CT molecular complexity index is 375. The summed E-state index contributed by atoms with van der Waals surface area (Å²) in [7, 11) is 0. The average Bonchev–Trinajstić information content (AvgIpc) is 2.69. The number of carbonyl (C=O) groups excluding carboxylic acids is 1. The van der Waals surface area contributed by atoms with E-state index in [4.69, 9.17) is 9.47 Å². The Morgan fingerprint density at radius 3 is 2.78 bits per heavy atom. The molecule has 0 saturated carbocycles. The largest absolute Gasteiger partial charge is 0.462 e. The Hall–Kier alpha value is -1.35. The second-order valence-electron chi connectivity index (χ2n) is 4.89. The summed E-state index contributed by atoms with van der Waals surface area (Å²) in [5.74, 6) is 0.296. The Morgan fingerprint density at radius 1 is 1.33 bits per heavy atom. The summed E-state index contributed by atoms with van der Waals surface area (Å²) in [5, 5.41) is 0. The first-order valence-corrected chi connectivity index (χ1v) is 6.57. The van der Waals surface area contributed by atoms with E-state index in [1.54, 1.807) is 0 Å². The van der Waals surface area contributed by atoms with Crippen LogP contribution in [0.1, 0.15) is 31.7 Å². The molecule has 0 bridgehead atoms. The molecule has 0 aliphatic carbocycles. The van der Waals surface area contributed by atoms with Crippen molar-refractivity contribution in [3.63, 3.8) is 0 Å². The third kappa shape index (κ3) is 3.84. The van der Waals surface area contributed by atoms with Crippen molar-refractivity contribution in [1.29, 1.82) is 0 Å². The van der Waals surface area contributed by atoms with Gasteiger partial charge in [-0.2, -0.15) is 0 Å². The lowest BCUT2D eigenvalue weighted by molar-refractivity contribution is -0.141. The molecule has 98 valence electrons. The van der Waals surface area contributed by atoms with Gasteiger partial charge in [-0.15, -0.1) is 0 Å². The number of hydrogen-bond acceptors (Lipinski definition) is 3. The molecule has 18 heavy (non-hydrogen) atoms. The van der Waals surface area contributed by atoms with E-state index in [1.165, 1.54) is 5.56 Å². The maximum Gasteiger partial charge on any atom is 0.306 e. The Kier molecular flexibility index (Phi) is 4.76. The average molecular weight is 248 g/mol. The number of benzene rings is 1. The van der Waals surface area contributed by atoms with Gasteiger partial charge in [0.15, 0.2) is 0 Å². The fourth-order valence-electron chi connectivity index (χ4n) is 2.22. The molecule has 1 aliphatic heterocycles. The van der Waals surface area contributed by atoms with Gasteiger partial charge in [0.25, 0.3) is 0 Å². The Balaban J connectivity index is 1.58. The van der Waals surface area contributed by atoms with Gasteiger partial charge in [-0.25, -0.2) is 0 Å². The second kappa shape index (κ2) is 6.55. The number of carbonyl (C=O) groups is 1. The number of rotatable bonds is 6. The highest BCUT2D eigenvalue weighted by Gasteiger charge is 2.30. The maximum absolute atomic E-state index is 11.1. The third-order valence-corrected chi connectivity index (χ3v) is 3.30. The van der Waals surface area contributed by atoms with Gasteiger partial charge in [-0.3, -0.25) is 4.79 Å². The molecule has 1 aromatic rings. The first-order valence-electron chi connectivity index (χ1n) is 6.57. The minimum Gasteiger partial charge on any atom is -0.462 e. The van der Waals surface area contributed by atoms with E-state index in [9.17, 15) is 4.79 Å². The van der Waals surface area contributed by atoms with Gasteiger partial charge >= 0.3 is 5.97 Å². The lowest BCUT2D eigenvalue weighted by Gasteiger charge is -2.13. The standard InChI is InChI=1S/C15H20O3/c1-12-10-15(16)18-14(12)8-5-9-17-11-13-6-3-2-4-7-13/h2-4,6-7,12,14H,5,8-11H2,1H3/t12-,14+/m1/s1. The molecule has 1 fully saturated rings. The number of cyclic esters (lactones) is 1.